The first-order valence-corrected chi connectivity index (χ1v) is 6.85. The van der Waals surface area contributed by atoms with Gasteiger partial charge < -0.3 is 10.2 Å². The number of thiazole rings is 1. The maximum atomic E-state index is 11.9. The Kier molecular flexibility index (Phi) is 3.96. The van der Waals surface area contributed by atoms with E-state index in [0.717, 1.165) is 28.4 Å². The summed E-state index contributed by atoms with van der Waals surface area (Å²) >= 11 is 1.53. The van der Waals surface area contributed by atoms with Crippen LogP contribution < -0.4 is 5.32 Å². The summed E-state index contributed by atoms with van der Waals surface area (Å²) in [6, 6.07) is 0. The molecule has 0 saturated heterocycles. The van der Waals surface area contributed by atoms with E-state index < -0.39 is 0 Å². The van der Waals surface area contributed by atoms with Gasteiger partial charge in [0.2, 0.25) is 0 Å². The fraction of sp³-hybridized carbons (Fsp3) is 0.583. The average molecular weight is 267 g/mol. The van der Waals surface area contributed by atoms with Gasteiger partial charge in [0.05, 0.1) is 17.3 Å². The van der Waals surface area contributed by atoms with Gasteiger partial charge in [0, 0.05) is 11.3 Å². The zero-order valence-electron chi connectivity index (χ0n) is 10.8. The highest BCUT2D eigenvalue weighted by atomic mass is 32.1. The molecule has 0 radical (unpaired) electrons. The van der Waals surface area contributed by atoms with Crippen LogP contribution in [0.1, 0.15) is 40.1 Å². The number of oxime groups is 1. The summed E-state index contributed by atoms with van der Waals surface area (Å²) in [6.07, 6.45) is 1.66. The molecule has 2 rings (SSSR count). The fourth-order valence-electron chi connectivity index (χ4n) is 1.83. The molecular weight excluding hydrogens is 250 g/mol. The monoisotopic (exact) mass is 267 g/mol. The molecule has 2 heterocycles. The maximum Gasteiger partial charge on any atom is 0.271 e. The quantitative estimate of drug-likeness (QED) is 0.908. The molecule has 0 fully saturated rings. The van der Waals surface area contributed by atoms with Crippen molar-refractivity contribution in [2.24, 2.45) is 5.16 Å². The van der Waals surface area contributed by atoms with Crippen LogP contribution >= 0.6 is 11.3 Å². The predicted octanol–water partition coefficient (Wildman–Crippen LogP) is 2.04. The Morgan fingerprint density at radius 3 is 2.89 bits per heavy atom. The van der Waals surface area contributed by atoms with Crippen molar-refractivity contribution >= 4 is 23.0 Å². The number of hydrogen-bond acceptors (Lipinski definition) is 5. The molecule has 6 heteroatoms. The Morgan fingerprint density at radius 2 is 2.33 bits per heavy atom. The topological polar surface area (TPSA) is 63.6 Å². The summed E-state index contributed by atoms with van der Waals surface area (Å²) in [7, 11) is 0. The Balaban J connectivity index is 1.85. The van der Waals surface area contributed by atoms with Crippen LogP contribution in [0.4, 0.5) is 0 Å². The molecule has 0 bridgehead atoms. The molecule has 0 unspecified atom stereocenters. The molecule has 1 aliphatic heterocycles. The summed E-state index contributed by atoms with van der Waals surface area (Å²) < 4.78 is 0. The van der Waals surface area contributed by atoms with E-state index in [1.54, 1.807) is 0 Å². The van der Waals surface area contributed by atoms with Crippen LogP contribution in [0.25, 0.3) is 0 Å². The SMILES string of the molecule is CCC1=NO[C@@H](CNC(=O)c2nc(C)sc2C)C1. The highest BCUT2D eigenvalue weighted by Gasteiger charge is 2.21. The Labute approximate surface area is 110 Å². The standard InChI is InChI=1S/C12H17N3O2S/c1-4-9-5-10(17-15-9)6-13-12(16)11-7(2)18-8(3)14-11/h10H,4-6H2,1-3H3,(H,13,16)/t10-/m1/s1. The van der Waals surface area contributed by atoms with Crippen LogP contribution in [-0.4, -0.2) is 29.3 Å². The van der Waals surface area contributed by atoms with Crippen molar-refractivity contribution in [3.8, 4) is 0 Å². The summed E-state index contributed by atoms with van der Waals surface area (Å²) in [5, 5.41) is 7.72. The number of carbonyl (C=O) groups excluding carboxylic acids is 1. The number of nitrogens with zero attached hydrogens (tertiary/aromatic N) is 2. The van der Waals surface area contributed by atoms with Gasteiger partial charge in [-0.15, -0.1) is 11.3 Å². The smallest absolute Gasteiger partial charge is 0.271 e. The number of carbonyl (C=O) groups is 1. The lowest BCUT2D eigenvalue weighted by Gasteiger charge is -2.09. The number of amides is 1. The molecule has 18 heavy (non-hydrogen) atoms. The van der Waals surface area contributed by atoms with Crippen LogP contribution in [0.5, 0.6) is 0 Å². The molecule has 1 amide bonds. The first-order chi connectivity index (χ1) is 8.60. The van der Waals surface area contributed by atoms with Gasteiger partial charge in [-0.2, -0.15) is 0 Å². The van der Waals surface area contributed by atoms with E-state index in [4.69, 9.17) is 4.84 Å². The molecular formula is C12H17N3O2S. The summed E-state index contributed by atoms with van der Waals surface area (Å²) in [6.45, 7) is 6.33. The van der Waals surface area contributed by atoms with Crippen molar-refractivity contribution in [3.63, 3.8) is 0 Å². The second kappa shape index (κ2) is 5.48. The third-order valence-electron chi connectivity index (χ3n) is 2.81. The van der Waals surface area contributed by atoms with Crippen molar-refractivity contribution in [3.05, 3.63) is 15.6 Å². The van der Waals surface area contributed by atoms with Crippen molar-refractivity contribution < 1.29 is 9.63 Å². The Hall–Kier alpha value is -1.43. The van der Waals surface area contributed by atoms with Crippen molar-refractivity contribution in [1.29, 1.82) is 0 Å². The van der Waals surface area contributed by atoms with Gasteiger partial charge in [-0.1, -0.05) is 12.1 Å². The van der Waals surface area contributed by atoms with Crippen molar-refractivity contribution in [2.45, 2.75) is 39.7 Å². The first-order valence-electron chi connectivity index (χ1n) is 6.04. The second-order valence-corrected chi connectivity index (χ2v) is 5.70. The van der Waals surface area contributed by atoms with Crippen molar-refractivity contribution in [1.82, 2.24) is 10.3 Å². The van der Waals surface area contributed by atoms with Crippen molar-refractivity contribution in [2.75, 3.05) is 6.54 Å². The average Bonchev–Trinajstić information content (AvgIpc) is 2.92. The fourth-order valence-corrected chi connectivity index (χ4v) is 2.65. The lowest BCUT2D eigenvalue weighted by molar-refractivity contribution is 0.0751. The lowest BCUT2D eigenvalue weighted by Crippen LogP contribution is -2.32. The molecule has 0 spiro atoms. The van der Waals surface area contributed by atoms with Gasteiger partial charge in [0.1, 0.15) is 11.8 Å². The highest BCUT2D eigenvalue weighted by Crippen LogP contribution is 2.16. The van der Waals surface area contributed by atoms with E-state index in [1.165, 1.54) is 11.3 Å². The second-order valence-electron chi connectivity index (χ2n) is 4.29. The highest BCUT2D eigenvalue weighted by molar-refractivity contribution is 7.11. The van der Waals surface area contributed by atoms with Crippen LogP contribution in [0.3, 0.4) is 0 Å². The molecule has 0 aromatic carbocycles. The van der Waals surface area contributed by atoms with E-state index in [2.05, 4.69) is 15.5 Å². The van der Waals surface area contributed by atoms with E-state index in [0.29, 0.717) is 12.2 Å². The molecule has 0 saturated carbocycles. The summed E-state index contributed by atoms with van der Waals surface area (Å²) in [5.41, 5.74) is 1.57. The molecule has 1 atom stereocenters. The Bertz CT molecular complexity index is 482. The number of hydrogen-bond donors (Lipinski definition) is 1. The molecule has 1 aliphatic rings. The molecule has 1 N–H and O–H groups in total. The number of aryl methyl sites for hydroxylation is 2. The minimum Gasteiger partial charge on any atom is -0.390 e. The molecule has 98 valence electrons. The maximum absolute atomic E-state index is 11.9. The normalized spacial score (nSPS) is 18.4. The minimum absolute atomic E-state index is 0.0380. The van der Waals surface area contributed by atoms with Gasteiger partial charge >= 0.3 is 0 Å². The first kappa shape index (κ1) is 13.0. The number of nitrogens with one attached hydrogen (secondary N) is 1. The lowest BCUT2D eigenvalue weighted by atomic mass is 10.1. The van der Waals surface area contributed by atoms with E-state index in [1.807, 2.05) is 20.8 Å². The number of aromatic nitrogens is 1. The van der Waals surface area contributed by atoms with Gasteiger partial charge in [-0.25, -0.2) is 4.98 Å². The largest absolute Gasteiger partial charge is 0.390 e. The third-order valence-corrected chi connectivity index (χ3v) is 3.70. The van der Waals surface area contributed by atoms with E-state index >= 15 is 0 Å². The number of rotatable bonds is 4. The van der Waals surface area contributed by atoms with Gasteiger partial charge in [0.15, 0.2) is 0 Å². The molecule has 0 aliphatic carbocycles. The minimum atomic E-state index is -0.134. The van der Waals surface area contributed by atoms with E-state index in [9.17, 15) is 4.79 Å². The summed E-state index contributed by atoms with van der Waals surface area (Å²) in [5.74, 6) is -0.134. The van der Waals surface area contributed by atoms with Crippen LogP contribution in [0.15, 0.2) is 5.16 Å². The predicted molar refractivity (Wildman–Crippen MR) is 71.1 cm³/mol. The van der Waals surface area contributed by atoms with Crippen LogP contribution in [0, 0.1) is 13.8 Å². The molecule has 1 aromatic rings. The molecule has 5 nitrogen and oxygen atoms in total. The molecule has 1 aromatic heterocycles. The van der Waals surface area contributed by atoms with Crippen LogP contribution in [-0.2, 0) is 4.84 Å². The van der Waals surface area contributed by atoms with E-state index in [-0.39, 0.29) is 12.0 Å². The third kappa shape index (κ3) is 2.87. The van der Waals surface area contributed by atoms with Crippen LogP contribution in [0.2, 0.25) is 0 Å². The summed E-state index contributed by atoms with van der Waals surface area (Å²) in [4.78, 5) is 22.3. The van der Waals surface area contributed by atoms with Gasteiger partial charge in [-0.05, 0) is 20.3 Å². The Morgan fingerprint density at radius 1 is 1.56 bits per heavy atom. The van der Waals surface area contributed by atoms with Gasteiger partial charge in [-0.3, -0.25) is 4.79 Å². The van der Waals surface area contributed by atoms with Gasteiger partial charge in [0.25, 0.3) is 5.91 Å². The zero-order valence-corrected chi connectivity index (χ0v) is 11.6. The zero-order chi connectivity index (χ0) is 13.1.